The highest BCUT2D eigenvalue weighted by atomic mass is 16.5. The molecule has 0 aliphatic heterocycles. The van der Waals surface area contributed by atoms with Crippen molar-refractivity contribution in [1.82, 2.24) is 5.32 Å². The zero-order chi connectivity index (χ0) is 13.8. The summed E-state index contributed by atoms with van der Waals surface area (Å²) in [4.78, 5) is 11.4. The smallest absolute Gasteiger partial charge is 0.132 e. The van der Waals surface area contributed by atoms with E-state index in [4.69, 9.17) is 4.74 Å². The van der Waals surface area contributed by atoms with E-state index in [0.29, 0.717) is 17.7 Å². The van der Waals surface area contributed by atoms with E-state index in [-0.39, 0.29) is 0 Å². The molecule has 0 spiro atoms. The predicted octanol–water partition coefficient (Wildman–Crippen LogP) is 3.02. The van der Waals surface area contributed by atoms with Gasteiger partial charge in [-0.3, -0.25) is 4.79 Å². The number of carbonyl (C=O) groups excluding carboxylic acids is 1. The van der Waals surface area contributed by atoms with Crippen LogP contribution < -0.4 is 10.1 Å². The number of hydrogen-bond acceptors (Lipinski definition) is 3. The number of aryl methyl sites for hydroxylation is 1. The lowest BCUT2D eigenvalue weighted by Gasteiger charge is -2.30. The molecule has 19 heavy (non-hydrogen) atoms. The summed E-state index contributed by atoms with van der Waals surface area (Å²) in [5.41, 5.74) is 2.45. The molecule has 1 atom stereocenters. The van der Waals surface area contributed by atoms with Crippen LogP contribution in [0.1, 0.15) is 42.9 Å². The fraction of sp³-hybridized carbons (Fsp3) is 0.562. The van der Waals surface area contributed by atoms with Crippen molar-refractivity contribution in [2.24, 2.45) is 5.92 Å². The molecule has 0 aromatic heterocycles. The zero-order valence-electron chi connectivity index (χ0n) is 12.0. The van der Waals surface area contributed by atoms with Crippen LogP contribution in [0.5, 0.6) is 5.75 Å². The Morgan fingerprint density at radius 2 is 2.00 bits per heavy atom. The van der Waals surface area contributed by atoms with Crippen LogP contribution in [0, 0.1) is 12.8 Å². The van der Waals surface area contributed by atoms with Gasteiger partial charge in [0.1, 0.15) is 11.5 Å². The first-order chi connectivity index (χ1) is 9.15. The molecule has 1 aliphatic carbocycles. The Morgan fingerprint density at radius 1 is 1.32 bits per heavy atom. The molecular formula is C16H23NO2. The molecule has 1 aromatic carbocycles. The molecule has 0 amide bonds. The summed E-state index contributed by atoms with van der Waals surface area (Å²) >= 11 is 0. The maximum Gasteiger partial charge on any atom is 0.132 e. The van der Waals surface area contributed by atoms with E-state index in [1.807, 2.05) is 13.1 Å². The fourth-order valence-electron chi connectivity index (χ4n) is 3.07. The molecule has 104 valence electrons. The maximum absolute atomic E-state index is 11.4. The second-order valence-corrected chi connectivity index (χ2v) is 5.37. The minimum absolute atomic E-state index is 0.331. The summed E-state index contributed by atoms with van der Waals surface area (Å²) in [5, 5.41) is 3.42. The molecule has 0 radical (unpaired) electrons. The summed E-state index contributed by atoms with van der Waals surface area (Å²) in [6, 6.07) is 6.68. The van der Waals surface area contributed by atoms with Gasteiger partial charge in [0, 0.05) is 18.9 Å². The average Bonchev–Trinajstić information content (AvgIpc) is 2.42. The van der Waals surface area contributed by atoms with Gasteiger partial charge in [0.15, 0.2) is 0 Å². The van der Waals surface area contributed by atoms with Gasteiger partial charge in [-0.2, -0.15) is 0 Å². The highest BCUT2D eigenvalue weighted by Gasteiger charge is 2.26. The molecule has 1 unspecified atom stereocenters. The molecule has 0 saturated heterocycles. The Kier molecular flexibility index (Phi) is 4.59. The van der Waals surface area contributed by atoms with Gasteiger partial charge in [-0.15, -0.1) is 0 Å². The Hall–Kier alpha value is -1.35. The number of rotatable bonds is 4. The van der Waals surface area contributed by atoms with Gasteiger partial charge >= 0.3 is 0 Å². The van der Waals surface area contributed by atoms with Crippen molar-refractivity contribution in [1.29, 1.82) is 0 Å². The summed E-state index contributed by atoms with van der Waals surface area (Å²) in [6.45, 7) is 2.07. The number of hydrogen-bond donors (Lipinski definition) is 1. The third-order valence-corrected chi connectivity index (χ3v) is 4.15. The summed E-state index contributed by atoms with van der Waals surface area (Å²) < 4.78 is 5.31. The molecule has 0 heterocycles. The van der Waals surface area contributed by atoms with Crippen LogP contribution in [0.4, 0.5) is 0 Å². The van der Waals surface area contributed by atoms with E-state index >= 15 is 0 Å². The topological polar surface area (TPSA) is 38.3 Å². The summed E-state index contributed by atoms with van der Waals surface area (Å²) in [5.74, 6) is 1.89. The SMILES string of the molecule is CNC(c1ccc(OC)c(C)c1)C1CCC(=O)CC1. The maximum atomic E-state index is 11.4. The van der Waals surface area contributed by atoms with Crippen LogP contribution in [0.15, 0.2) is 18.2 Å². The monoisotopic (exact) mass is 261 g/mol. The van der Waals surface area contributed by atoms with Gasteiger partial charge in [0.2, 0.25) is 0 Å². The Balaban J connectivity index is 2.17. The first kappa shape index (κ1) is 14.1. The van der Waals surface area contributed by atoms with Crippen LogP contribution in [0.25, 0.3) is 0 Å². The Labute approximate surface area is 115 Å². The lowest BCUT2D eigenvalue weighted by Crippen LogP contribution is -2.28. The largest absolute Gasteiger partial charge is 0.496 e. The van der Waals surface area contributed by atoms with Gasteiger partial charge in [-0.05, 0) is 49.9 Å². The molecule has 1 aliphatic rings. The highest BCUT2D eigenvalue weighted by molar-refractivity contribution is 5.79. The van der Waals surface area contributed by atoms with Crippen molar-refractivity contribution in [3.8, 4) is 5.75 Å². The van der Waals surface area contributed by atoms with E-state index in [2.05, 4.69) is 24.4 Å². The Bertz CT molecular complexity index is 446. The number of Topliss-reactive ketones (excluding diaryl/α,β-unsaturated/α-hetero) is 1. The van der Waals surface area contributed by atoms with E-state index in [9.17, 15) is 4.79 Å². The van der Waals surface area contributed by atoms with E-state index < -0.39 is 0 Å². The molecule has 3 heteroatoms. The number of methoxy groups -OCH3 is 1. The molecule has 1 aromatic rings. The van der Waals surface area contributed by atoms with Crippen molar-refractivity contribution in [3.63, 3.8) is 0 Å². The normalized spacial score (nSPS) is 18.4. The highest BCUT2D eigenvalue weighted by Crippen LogP contribution is 2.34. The van der Waals surface area contributed by atoms with Crippen molar-refractivity contribution < 1.29 is 9.53 Å². The van der Waals surface area contributed by atoms with Crippen LogP contribution >= 0.6 is 0 Å². The molecule has 3 nitrogen and oxygen atoms in total. The van der Waals surface area contributed by atoms with Gasteiger partial charge in [0.05, 0.1) is 7.11 Å². The quantitative estimate of drug-likeness (QED) is 0.905. The lowest BCUT2D eigenvalue weighted by atomic mass is 9.80. The van der Waals surface area contributed by atoms with Crippen LogP contribution in [0.2, 0.25) is 0 Å². The van der Waals surface area contributed by atoms with E-state index in [1.54, 1.807) is 7.11 Å². The number of ether oxygens (including phenoxy) is 1. The third-order valence-electron chi connectivity index (χ3n) is 4.15. The first-order valence-corrected chi connectivity index (χ1v) is 6.99. The molecule has 2 rings (SSSR count). The van der Waals surface area contributed by atoms with E-state index in [0.717, 1.165) is 37.0 Å². The van der Waals surface area contributed by atoms with Crippen LogP contribution in [-0.4, -0.2) is 19.9 Å². The average molecular weight is 261 g/mol. The summed E-state index contributed by atoms with van der Waals surface area (Å²) in [7, 11) is 3.70. The van der Waals surface area contributed by atoms with Gasteiger partial charge in [-0.1, -0.05) is 12.1 Å². The molecule has 1 N–H and O–H groups in total. The number of carbonyl (C=O) groups is 1. The minimum Gasteiger partial charge on any atom is -0.496 e. The number of ketones is 1. The minimum atomic E-state index is 0.331. The van der Waals surface area contributed by atoms with Crippen LogP contribution in [-0.2, 0) is 4.79 Å². The van der Waals surface area contributed by atoms with Crippen molar-refractivity contribution >= 4 is 5.78 Å². The molecular weight excluding hydrogens is 238 g/mol. The van der Waals surface area contributed by atoms with Crippen molar-refractivity contribution in [2.45, 2.75) is 38.6 Å². The van der Waals surface area contributed by atoms with Crippen molar-refractivity contribution in [2.75, 3.05) is 14.2 Å². The standard InChI is InChI=1S/C16H23NO2/c1-11-10-13(6-9-15(11)19-3)16(17-2)12-4-7-14(18)8-5-12/h6,9-10,12,16-17H,4-5,7-8H2,1-3H3. The van der Waals surface area contributed by atoms with E-state index in [1.165, 1.54) is 5.56 Å². The Morgan fingerprint density at radius 3 is 2.53 bits per heavy atom. The fourth-order valence-corrected chi connectivity index (χ4v) is 3.07. The van der Waals surface area contributed by atoms with Gasteiger partial charge < -0.3 is 10.1 Å². The first-order valence-electron chi connectivity index (χ1n) is 6.99. The second kappa shape index (κ2) is 6.20. The second-order valence-electron chi connectivity index (χ2n) is 5.37. The van der Waals surface area contributed by atoms with Gasteiger partial charge in [0.25, 0.3) is 0 Å². The molecule has 1 fully saturated rings. The predicted molar refractivity (Wildman–Crippen MR) is 76.5 cm³/mol. The van der Waals surface area contributed by atoms with Crippen LogP contribution in [0.3, 0.4) is 0 Å². The van der Waals surface area contributed by atoms with Gasteiger partial charge in [-0.25, -0.2) is 0 Å². The number of nitrogens with one attached hydrogen (secondary N) is 1. The molecule has 0 bridgehead atoms. The third kappa shape index (κ3) is 3.16. The lowest BCUT2D eigenvalue weighted by molar-refractivity contribution is -0.121. The summed E-state index contributed by atoms with van der Waals surface area (Å²) in [6.07, 6.45) is 3.46. The molecule has 1 saturated carbocycles. The van der Waals surface area contributed by atoms with Crippen molar-refractivity contribution in [3.05, 3.63) is 29.3 Å². The number of benzene rings is 1. The zero-order valence-corrected chi connectivity index (χ0v) is 12.0.